The summed E-state index contributed by atoms with van der Waals surface area (Å²) < 4.78 is 24.3. The highest BCUT2D eigenvalue weighted by Crippen LogP contribution is 2.13. The van der Waals surface area contributed by atoms with Crippen molar-refractivity contribution < 1.29 is 38.4 Å². The first-order chi connectivity index (χ1) is 13.1. The van der Waals surface area contributed by atoms with Gasteiger partial charge in [-0.15, -0.1) is 0 Å². The van der Waals surface area contributed by atoms with E-state index in [9.17, 15) is 33.3 Å². The molecule has 3 amide bonds. The molecule has 3 atom stereocenters. The lowest BCUT2D eigenvalue weighted by atomic mass is 10.1. The maximum absolute atomic E-state index is 12.1. The Morgan fingerprint density at radius 2 is 1.75 bits per heavy atom. The maximum atomic E-state index is 12.1. The highest BCUT2D eigenvalue weighted by atomic mass is 32.2. The number of hydrogen-bond acceptors (Lipinski definition) is 9. The number of aliphatic hydroxyl groups excluding tert-OH is 4. The molecule has 0 spiro atoms. The first kappa shape index (κ1) is 21.5. The number of benzene rings is 1. The summed E-state index contributed by atoms with van der Waals surface area (Å²) >= 11 is 0. The second-order valence-electron chi connectivity index (χ2n) is 5.64. The highest BCUT2D eigenvalue weighted by molar-refractivity contribution is 7.89. The van der Waals surface area contributed by atoms with Crippen LogP contribution >= 0.6 is 0 Å². The van der Waals surface area contributed by atoms with E-state index in [1.807, 2.05) is 10.1 Å². The van der Waals surface area contributed by atoms with E-state index < -0.39 is 46.9 Å². The largest absolute Gasteiger partial charge is 0.394 e. The van der Waals surface area contributed by atoms with Gasteiger partial charge in [0.2, 0.25) is 0 Å². The molecule has 0 bridgehead atoms. The lowest BCUT2D eigenvalue weighted by Crippen LogP contribution is -2.40. The average molecular weight is 414 g/mol. The fourth-order valence-electron chi connectivity index (χ4n) is 2.04. The molecule has 1 fully saturated rings. The Hall–Kier alpha value is -2.84. The average Bonchev–Trinajstić information content (AvgIpc) is 2.97. The van der Waals surface area contributed by atoms with Gasteiger partial charge in [0, 0.05) is 0 Å². The Bertz CT molecular complexity index is 897. The lowest BCUT2D eigenvalue weighted by Gasteiger charge is -2.18. The number of rotatable bonds is 8. The summed E-state index contributed by atoms with van der Waals surface area (Å²) in [4.78, 5) is 24.1. The number of hydrazone groups is 1. The van der Waals surface area contributed by atoms with Crippen LogP contribution in [0, 0.1) is 0 Å². The van der Waals surface area contributed by atoms with Crippen LogP contribution in [0.4, 0.5) is 4.79 Å². The van der Waals surface area contributed by atoms with Crippen LogP contribution in [0.3, 0.4) is 0 Å². The zero-order chi connectivity index (χ0) is 20.9. The van der Waals surface area contributed by atoms with Crippen LogP contribution in [0.5, 0.6) is 0 Å². The number of nitrogens with one attached hydrogen (secondary N) is 3. The predicted octanol–water partition coefficient (Wildman–Crippen LogP) is -2.79. The van der Waals surface area contributed by atoms with E-state index in [-0.39, 0.29) is 10.6 Å². The molecule has 12 nitrogen and oxygen atoms in total. The van der Waals surface area contributed by atoms with Crippen molar-refractivity contribution in [2.45, 2.75) is 23.2 Å². The second kappa shape index (κ2) is 8.90. The van der Waals surface area contributed by atoms with Crippen molar-refractivity contribution in [2.75, 3.05) is 6.61 Å². The molecule has 1 aliphatic rings. The zero-order valence-corrected chi connectivity index (χ0v) is 15.0. The second-order valence-corrected chi connectivity index (χ2v) is 7.30. The fourth-order valence-corrected chi connectivity index (χ4v) is 2.84. The smallest absolute Gasteiger partial charge is 0.326 e. The summed E-state index contributed by atoms with van der Waals surface area (Å²) in [5.41, 5.74) is 0.465. The van der Waals surface area contributed by atoms with Gasteiger partial charge in [-0.05, 0) is 23.8 Å². The molecular formula is C15H18N4O8S. The number of carbonyl (C=O) groups is 2. The van der Waals surface area contributed by atoms with E-state index in [1.165, 1.54) is 30.3 Å². The molecule has 7 N–H and O–H groups in total. The number of nitrogens with zero attached hydrogens (tertiary/aromatic N) is 1. The normalized spacial score (nSPS) is 19.4. The van der Waals surface area contributed by atoms with Crippen LogP contribution in [-0.2, 0) is 14.8 Å². The lowest BCUT2D eigenvalue weighted by molar-refractivity contribution is -0.115. The third kappa shape index (κ3) is 5.34. The van der Waals surface area contributed by atoms with Gasteiger partial charge in [-0.25, -0.2) is 9.63 Å². The van der Waals surface area contributed by atoms with Gasteiger partial charge in [0.1, 0.15) is 24.0 Å². The Labute approximate surface area is 159 Å². The topological polar surface area (TPSA) is 198 Å². The molecule has 1 aromatic rings. The van der Waals surface area contributed by atoms with E-state index in [2.05, 4.69) is 10.4 Å². The molecule has 1 heterocycles. The molecule has 152 valence electrons. The van der Waals surface area contributed by atoms with Crippen molar-refractivity contribution in [3.8, 4) is 0 Å². The third-order valence-corrected chi connectivity index (χ3v) is 4.79. The molecule has 0 radical (unpaired) electrons. The Balaban J connectivity index is 2.04. The maximum Gasteiger partial charge on any atom is 0.326 e. The molecule has 0 unspecified atom stereocenters. The van der Waals surface area contributed by atoms with Crippen LogP contribution in [0.25, 0.3) is 6.08 Å². The first-order valence-electron chi connectivity index (χ1n) is 7.78. The molecule has 1 aromatic carbocycles. The monoisotopic (exact) mass is 414 g/mol. The van der Waals surface area contributed by atoms with Gasteiger partial charge in [-0.3, -0.25) is 10.1 Å². The number of hydrogen-bond donors (Lipinski definition) is 7. The SMILES string of the molecule is O=C1NC(=O)/C(=C/c2ccc(S(=O)(=O)N/N=C\[C@H](O)[C@H](O)[C@H](O)CO)cc2)N1. The van der Waals surface area contributed by atoms with Crippen LogP contribution in [0.15, 0.2) is 40.0 Å². The number of urea groups is 1. The molecule has 28 heavy (non-hydrogen) atoms. The molecular weight excluding hydrogens is 396 g/mol. The minimum Gasteiger partial charge on any atom is -0.394 e. The molecule has 1 saturated heterocycles. The van der Waals surface area contributed by atoms with Crippen LogP contribution in [0.2, 0.25) is 0 Å². The van der Waals surface area contributed by atoms with Gasteiger partial charge >= 0.3 is 6.03 Å². The summed E-state index contributed by atoms with van der Waals surface area (Å²) in [6.45, 7) is -0.800. The third-order valence-electron chi connectivity index (χ3n) is 3.55. The van der Waals surface area contributed by atoms with Crippen molar-refractivity contribution in [3.63, 3.8) is 0 Å². The van der Waals surface area contributed by atoms with Gasteiger partial charge in [0.15, 0.2) is 0 Å². The first-order valence-corrected chi connectivity index (χ1v) is 9.26. The van der Waals surface area contributed by atoms with Gasteiger partial charge in [0.25, 0.3) is 15.9 Å². The quantitative estimate of drug-likeness (QED) is 0.102. The Morgan fingerprint density at radius 1 is 1.11 bits per heavy atom. The molecule has 0 saturated carbocycles. The van der Waals surface area contributed by atoms with E-state index >= 15 is 0 Å². The molecule has 13 heteroatoms. The van der Waals surface area contributed by atoms with E-state index in [4.69, 9.17) is 5.11 Å². The minimum atomic E-state index is -4.09. The van der Waals surface area contributed by atoms with Crippen molar-refractivity contribution >= 4 is 34.3 Å². The summed E-state index contributed by atoms with van der Waals surface area (Å²) in [6, 6.07) is 4.56. The summed E-state index contributed by atoms with van der Waals surface area (Å²) in [5.74, 6) is -0.607. The van der Waals surface area contributed by atoms with Gasteiger partial charge in [0.05, 0.1) is 17.7 Å². The predicted molar refractivity (Wildman–Crippen MR) is 95.0 cm³/mol. The van der Waals surface area contributed by atoms with Gasteiger partial charge < -0.3 is 25.7 Å². The van der Waals surface area contributed by atoms with Crippen molar-refractivity contribution in [2.24, 2.45) is 5.10 Å². The number of sulfonamides is 1. The van der Waals surface area contributed by atoms with Crippen LogP contribution in [-0.4, -0.2) is 71.9 Å². The standard InChI is InChI=1S/C15H18N4O8S/c20-7-12(22)13(23)11(21)6-16-19-28(26,27)9-3-1-8(2-4-9)5-10-14(24)18-15(25)17-10/h1-6,11-13,19-23H,7H2,(H2,17,18,24,25)/b10-5-,16-6-/t11-,12+,13-/m0/s1. The fraction of sp³-hybridized carbons (Fsp3) is 0.267. The van der Waals surface area contributed by atoms with Crippen LogP contribution in [0.1, 0.15) is 5.56 Å². The zero-order valence-electron chi connectivity index (χ0n) is 14.2. The van der Waals surface area contributed by atoms with Gasteiger partial charge in [-0.1, -0.05) is 12.1 Å². The Kier molecular flexibility index (Phi) is 6.82. The van der Waals surface area contributed by atoms with Crippen molar-refractivity contribution in [1.82, 2.24) is 15.5 Å². The summed E-state index contributed by atoms with van der Waals surface area (Å²) in [6.07, 6.45) is -3.08. The number of carbonyl (C=O) groups excluding carboxylic acids is 2. The van der Waals surface area contributed by atoms with Crippen molar-refractivity contribution in [3.05, 3.63) is 35.5 Å². The summed E-state index contributed by atoms with van der Waals surface area (Å²) in [7, 11) is -4.09. The van der Waals surface area contributed by atoms with E-state index in [0.717, 1.165) is 0 Å². The highest BCUT2D eigenvalue weighted by Gasteiger charge is 2.24. The van der Waals surface area contributed by atoms with Crippen LogP contribution < -0.4 is 15.5 Å². The molecule has 1 aliphatic heterocycles. The minimum absolute atomic E-state index is 0.0148. The number of amides is 3. The number of aliphatic hydroxyl groups is 4. The molecule has 0 aromatic heterocycles. The van der Waals surface area contributed by atoms with E-state index in [1.54, 1.807) is 0 Å². The number of imide groups is 1. The summed E-state index contributed by atoms with van der Waals surface area (Å²) in [5, 5.41) is 44.4. The van der Waals surface area contributed by atoms with E-state index in [0.29, 0.717) is 11.8 Å². The Morgan fingerprint density at radius 3 is 2.29 bits per heavy atom. The molecule has 2 rings (SSSR count). The van der Waals surface area contributed by atoms with Gasteiger partial charge in [-0.2, -0.15) is 13.5 Å². The van der Waals surface area contributed by atoms with Crippen molar-refractivity contribution in [1.29, 1.82) is 0 Å². The molecule has 0 aliphatic carbocycles.